The smallest absolute Gasteiger partial charge is 0.116 e. The molecule has 0 bridgehead atoms. The number of rotatable bonds is 12. The van der Waals surface area contributed by atoms with Crippen molar-refractivity contribution >= 4 is 0 Å². The Balaban J connectivity index is 1.28. The maximum absolute atomic E-state index is 9.27. The lowest BCUT2D eigenvalue weighted by Crippen LogP contribution is -2.57. The topological polar surface area (TPSA) is 49.5 Å². The summed E-state index contributed by atoms with van der Waals surface area (Å²) in [5, 5.41) is 0. The minimum Gasteiger partial charge on any atom is -0.368 e. The van der Waals surface area contributed by atoms with E-state index in [0.717, 1.165) is 22.3 Å². The van der Waals surface area contributed by atoms with Gasteiger partial charge in [-0.05, 0) is 22.3 Å². The number of hydrogen-bond acceptors (Lipinski definition) is 5. The van der Waals surface area contributed by atoms with Gasteiger partial charge in [0.1, 0.15) is 36.6 Å². The van der Waals surface area contributed by atoms with Gasteiger partial charge in [0.2, 0.25) is 0 Å². The maximum Gasteiger partial charge on any atom is 0.116 e. The molecular formula is C34H34O5. The summed E-state index contributed by atoms with van der Waals surface area (Å²) < 4.78 is 41.5. The lowest BCUT2D eigenvalue weighted by molar-refractivity contribution is -0.203. The number of ether oxygens (including phenoxy) is 5. The summed E-state index contributed by atoms with van der Waals surface area (Å²) in [4.78, 5) is 0. The van der Waals surface area contributed by atoms with Crippen LogP contribution in [-0.4, -0.2) is 36.6 Å². The fourth-order valence-corrected chi connectivity index (χ4v) is 5.06. The first-order valence-corrected chi connectivity index (χ1v) is 13.5. The lowest BCUT2D eigenvalue weighted by Gasteiger charge is -2.40. The van der Waals surface area contributed by atoms with Crippen LogP contribution in [-0.2, 0) is 50.1 Å². The predicted molar refractivity (Wildman–Crippen MR) is 149 cm³/mol. The zero-order valence-corrected chi connectivity index (χ0v) is 21.8. The summed E-state index contributed by atoms with van der Waals surface area (Å²) in [5.74, 6) is 0. The van der Waals surface area contributed by atoms with Crippen molar-refractivity contribution in [2.24, 2.45) is 0 Å². The van der Waals surface area contributed by atoms with Crippen LogP contribution in [0, 0.1) is 0 Å². The zero-order valence-electron chi connectivity index (χ0n) is 22.8. The molecule has 0 radical (unpaired) electrons. The highest BCUT2D eigenvalue weighted by Gasteiger charge is 2.63. The fourth-order valence-electron chi connectivity index (χ4n) is 5.06. The van der Waals surface area contributed by atoms with E-state index in [1.807, 2.05) is 121 Å². The van der Waals surface area contributed by atoms with E-state index in [4.69, 9.17) is 23.7 Å². The quantitative estimate of drug-likeness (QED) is 0.210. The van der Waals surface area contributed by atoms with Crippen molar-refractivity contribution in [1.29, 1.82) is 0 Å². The first kappa shape index (κ1) is 24.7. The molecule has 0 unspecified atom stereocenters. The number of benzene rings is 4. The van der Waals surface area contributed by atoms with E-state index < -0.39 is 36.6 Å². The van der Waals surface area contributed by atoms with Gasteiger partial charge in [-0.25, -0.2) is 0 Å². The third-order valence-electron chi connectivity index (χ3n) is 7.14. The van der Waals surface area contributed by atoms with Gasteiger partial charge in [-0.1, -0.05) is 121 Å². The first-order valence-electron chi connectivity index (χ1n) is 14.0. The molecule has 5 heteroatoms. The van der Waals surface area contributed by atoms with Crippen molar-refractivity contribution in [1.82, 2.24) is 0 Å². The molecule has 1 saturated heterocycles. The molecule has 1 aliphatic carbocycles. The predicted octanol–water partition coefficient (Wildman–Crippen LogP) is 6.11. The highest BCUT2D eigenvalue weighted by atomic mass is 16.7. The van der Waals surface area contributed by atoms with Crippen LogP contribution in [0.2, 0.25) is 0 Å². The van der Waals surface area contributed by atoms with Crippen molar-refractivity contribution in [2.75, 3.05) is 0 Å². The molecular weight excluding hydrogens is 488 g/mol. The van der Waals surface area contributed by atoms with Gasteiger partial charge in [0.25, 0.3) is 0 Å². The highest BCUT2D eigenvalue weighted by Crippen LogP contribution is 2.43. The van der Waals surface area contributed by atoms with Gasteiger partial charge in [-0.2, -0.15) is 0 Å². The molecule has 0 amide bonds. The average Bonchev–Trinajstić information content (AvgIpc) is 3.71. The molecule has 2 aliphatic rings. The highest BCUT2D eigenvalue weighted by molar-refractivity contribution is 5.18. The molecule has 4 aromatic rings. The second-order valence-electron chi connectivity index (χ2n) is 9.94. The Kier molecular flexibility index (Phi) is 8.04. The van der Waals surface area contributed by atoms with E-state index in [1.54, 1.807) is 0 Å². The summed E-state index contributed by atoms with van der Waals surface area (Å²) in [7, 11) is 0. The molecule has 6 rings (SSSR count). The SMILES string of the molecule is [2H][C@]12O[C@H]1[C@@H](OCc1ccccc1)[C@H](OCc1ccccc1)[C@@H](OCc1ccccc1)[C@@H]2OCc1ccccc1. The molecule has 1 aliphatic heterocycles. The third kappa shape index (κ3) is 6.64. The molecule has 39 heavy (non-hydrogen) atoms. The van der Waals surface area contributed by atoms with Gasteiger partial charge >= 0.3 is 0 Å². The Labute approximate surface area is 231 Å². The molecule has 2 fully saturated rings. The standard InChI is InChI=1S/C34H34O5/c1-5-13-25(14-6-1)21-35-29-30(36-22-26-15-7-2-8-16-26)32(38-24-28-19-11-4-12-20-28)34-33(39-34)31(29)37-23-27-17-9-3-10-18-27/h1-20,29-34H,21-24H2/t29-,30-,31+,32+,33-,34+/m1/s1/i33D. The van der Waals surface area contributed by atoms with Crippen LogP contribution in [0.4, 0.5) is 0 Å². The molecule has 5 nitrogen and oxygen atoms in total. The van der Waals surface area contributed by atoms with Crippen LogP contribution >= 0.6 is 0 Å². The monoisotopic (exact) mass is 523 g/mol. The van der Waals surface area contributed by atoms with E-state index in [9.17, 15) is 1.37 Å². The van der Waals surface area contributed by atoms with Gasteiger partial charge in [-0.15, -0.1) is 0 Å². The molecule has 200 valence electrons. The normalized spacial score (nSPS) is 27.9. The van der Waals surface area contributed by atoms with Crippen LogP contribution in [0.5, 0.6) is 0 Å². The lowest BCUT2D eigenvalue weighted by atomic mass is 9.88. The molecule has 4 aromatic carbocycles. The summed E-state index contributed by atoms with van der Waals surface area (Å²) in [6, 6.07) is 40.1. The average molecular weight is 524 g/mol. The summed E-state index contributed by atoms with van der Waals surface area (Å²) in [6.07, 6.45) is -4.06. The molecule has 0 N–H and O–H groups in total. The van der Waals surface area contributed by atoms with Gasteiger partial charge in [0.05, 0.1) is 27.8 Å². The van der Waals surface area contributed by atoms with E-state index in [-0.39, 0.29) is 0 Å². The van der Waals surface area contributed by atoms with Crippen molar-refractivity contribution in [2.45, 2.75) is 63.0 Å². The number of fused-ring (bicyclic) bond motifs is 1. The van der Waals surface area contributed by atoms with Crippen molar-refractivity contribution in [3.63, 3.8) is 0 Å². The molecule has 0 aromatic heterocycles. The summed E-state index contributed by atoms with van der Waals surface area (Å²) in [5.41, 5.74) is 4.15. The van der Waals surface area contributed by atoms with Gasteiger partial charge in [-0.3, -0.25) is 0 Å². The largest absolute Gasteiger partial charge is 0.368 e. The van der Waals surface area contributed by atoms with Gasteiger partial charge < -0.3 is 23.7 Å². The van der Waals surface area contributed by atoms with Crippen molar-refractivity contribution in [3.8, 4) is 0 Å². The molecule has 1 heterocycles. The molecule has 1 saturated carbocycles. The molecule has 6 atom stereocenters. The second-order valence-corrected chi connectivity index (χ2v) is 9.94. The van der Waals surface area contributed by atoms with Crippen LogP contribution < -0.4 is 0 Å². The second kappa shape index (κ2) is 12.7. The Morgan fingerprint density at radius 3 is 1.13 bits per heavy atom. The van der Waals surface area contributed by atoms with Crippen LogP contribution in [0.1, 0.15) is 23.6 Å². The van der Waals surface area contributed by atoms with Crippen LogP contribution in [0.3, 0.4) is 0 Å². The zero-order chi connectivity index (χ0) is 27.2. The third-order valence-corrected chi connectivity index (χ3v) is 7.14. The Hall–Kier alpha value is -3.32. The Morgan fingerprint density at radius 1 is 0.436 bits per heavy atom. The van der Waals surface area contributed by atoms with Gasteiger partial charge in [0.15, 0.2) is 0 Å². The maximum atomic E-state index is 9.27. The van der Waals surface area contributed by atoms with Crippen LogP contribution in [0.15, 0.2) is 121 Å². The Bertz CT molecular complexity index is 1320. The van der Waals surface area contributed by atoms with E-state index in [0.29, 0.717) is 26.4 Å². The number of hydrogen-bond donors (Lipinski definition) is 0. The number of epoxide rings is 1. The van der Waals surface area contributed by atoms with Crippen LogP contribution in [0.25, 0.3) is 0 Å². The van der Waals surface area contributed by atoms with Crippen molar-refractivity contribution < 1.29 is 25.1 Å². The van der Waals surface area contributed by atoms with Crippen molar-refractivity contribution in [3.05, 3.63) is 144 Å². The fraction of sp³-hybridized carbons (Fsp3) is 0.294. The minimum atomic E-state index is -1.29. The summed E-state index contributed by atoms with van der Waals surface area (Å²) in [6.45, 7) is 1.46. The Morgan fingerprint density at radius 2 is 0.744 bits per heavy atom. The van der Waals surface area contributed by atoms with Gasteiger partial charge in [0, 0.05) is 0 Å². The van der Waals surface area contributed by atoms with E-state index in [2.05, 4.69) is 0 Å². The molecule has 0 spiro atoms. The van der Waals surface area contributed by atoms with E-state index >= 15 is 0 Å². The first-order chi connectivity index (χ1) is 19.7. The summed E-state index contributed by atoms with van der Waals surface area (Å²) >= 11 is 0. The van der Waals surface area contributed by atoms with E-state index in [1.165, 1.54) is 0 Å². The minimum absolute atomic E-state index is 0.342.